The van der Waals surface area contributed by atoms with Crippen LogP contribution in [0.2, 0.25) is 0 Å². The zero-order valence-electron chi connectivity index (χ0n) is 12.0. The summed E-state index contributed by atoms with van der Waals surface area (Å²) in [5.74, 6) is -2.54. The first kappa shape index (κ1) is 14.8. The summed E-state index contributed by atoms with van der Waals surface area (Å²) in [5.41, 5.74) is 0.126. The fourth-order valence-corrected chi connectivity index (χ4v) is 2.28. The van der Waals surface area contributed by atoms with Crippen molar-refractivity contribution in [3.63, 3.8) is 0 Å². The molecule has 0 bridgehead atoms. The molecule has 0 amide bonds. The molecule has 0 spiro atoms. The van der Waals surface area contributed by atoms with Gasteiger partial charge in [-0.2, -0.15) is 0 Å². The van der Waals surface area contributed by atoms with E-state index < -0.39 is 11.8 Å². The van der Waals surface area contributed by atoms with Crippen LogP contribution >= 0.6 is 0 Å². The molecular formula is C15H20O5. The van der Waals surface area contributed by atoms with Crippen molar-refractivity contribution in [2.75, 3.05) is 13.2 Å². The van der Waals surface area contributed by atoms with Crippen LogP contribution in [0.3, 0.4) is 0 Å². The van der Waals surface area contributed by atoms with Crippen molar-refractivity contribution in [1.82, 2.24) is 0 Å². The SMILES string of the molecule is CCC1(c2cccc(C(=O)O)c2O)OCC(C)(C)CO1. The Labute approximate surface area is 118 Å². The van der Waals surface area contributed by atoms with Crippen molar-refractivity contribution in [3.05, 3.63) is 29.3 Å². The number of para-hydroxylation sites is 1. The van der Waals surface area contributed by atoms with Gasteiger partial charge in [-0.15, -0.1) is 0 Å². The van der Waals surface area contributed by atoms with Crippen LogP contribution in [0.5, 0.6) is 5.75 Å². The highest BCUT2D eigenvalue weighted by Gasteiger charge is 2.43. The lowest BCUT2D eigenvalue weighted by molar-refractivity contribution is -0.309. The molecule has 1 heterocycles. The second kappa shape index (κ2) is 5.07. The van der Waals surface area contributed by atoms with Gasteiger partial charge in [0, 0.05) is 11.8 Å². The molecule has 1 aliphatic rings. The summed E-state index contributed by atoms with van der Waals surface area (Å²) >= 11 is 0. The number of hydrogen-bond donors (Lipinski definition) is 2. The maximum Gasteiger partial charge on any atom is 0.339 e. The quantitative estimate of drug-likeness (QED) is 0.890. The zero-order chi connectivity index (χ0) is 15.0. The molecule has 0 aromatic heterocycles. The lowest BCUT2D eigenvalue weighted by Crippen LogP contribution is -2.45. The van der Waals surface area contributed by atoms with Gasteiger partial charge in [-0.1, -0.05) is 26.8 Å². The van der Waals surface area contributed by atoms with E-state index in [0.29, 0.717) is 25.2 Å². The minimum absolute atomic E-state index is 0.0985. The van der Waals surface area contributed by atoms with E-state index in [1.165, 1.54) is 6.07 Å². The maximum atomic E-state index is 11.1. The molecule has 110 valence electrons. The minimum Gasteiger partial charge on any atom is -0.507 e. The largest absolute Gasteiger partial charge is 0.507 e. The number of benzene rings is 1. The molecule has 1 aromatic rings. The summed E-state index contributed by atoms with van der Waals surface area (Å²) in [4.78, 5) is 11.1. The third-order valence-corrected chi connectivity index (χ3v) is 3.53. The Morgan fingerprint density at radius 3 is 2.40 bits per heavy atom. The number of hydrogen-bond acceptors (Lipinski definition) is 4. The van der Waals surface area contributed by atoms with E-state index in [9.17, 15) is 9.90 Å². The van der Waals surface area contributed by atoms with Gasteiger partial charge in [0.25, 0.3) is 0 Å². The van der Waals surface area contributed by atoms with Gasteiger partial charge in [-0.25, -0.2) is 4.79 Å². The van der Waals surface area contributed by atoms with Crippen molar-refractivity contribution in [3.8, 4) is 5.75 Å². The van der Waals surface area contributed by atoms with Crippen molar-refractivity contribution < 1.29 is 24.5 Å². The van der Waals surface area contributed by atoms with Crippen molar-refractivity contribution >= 4 is 5.97 Å². The summed E-state index contributed by atoms with van der Waals surface area (Å²) in [5, 5.41) is 19.3. The summed E-state index contributed by atoms with van der Waals surface area (Å²) in [6.45, 7) is 6.90. The van der Waals surface area contributed by atoms with E-state index in [2.05, 4.69) is 0 Å². The molecule has 0 aliphatic carbocycles. The van der Waals surface area contributed by atoms with Gasteiger partial charge in [-0.05, 0) is 12.1 Å². The van der Waals surface area contributed by atoms with Gasteiger partial charge < -0.3 is 19.7 Å². The molecule has 20 heavy (non-hydrogen) atoms. The highest BCUT2D eigenvalue weighted by molar-refractivity contribution is 5.91. The normalized spacial score (nSPS) is 20.6. The van der Waals surface area contributed by atoms with Gasteiger partial charge in [0.1, 0.15) is 11.3 Å². The van der Waals surface area contributed by atoms with E-state index in [0.717, 1.165) is 0 Å². The summed E-state index contributed by atoms with van der Waals surface area (Å²) in [7, 11) is 0. The molecule has 0 atom stereocenters. The fraction of sp³-hybridized carbons (Fsp3) is 0.533. The lowest BCUT2D eigenvalue weighted by Gasteiger charge is -2.43. The number of carboxylic acids is 1. The highest BCUT2D eigenvalue weighted by atomic mass is 16.7. The fourth-order valence-electron chi connectivity index (χ4n) is 2.28. The molecule has 0 unspecified atom stereocenters. The van der Waals surface area contributed by atoms with E-state index in [1.807, 2.05) is 20.8 Å². The van der Waals surface area contributed by atoms with Crippen LogP contribution < -0.4 is 0 Å². The molecule has 1 saturated heterocycles. The van der Waals surface area contributed by atoms with Gasteiger partial charge in [0.2, 0.25) is 0 Å². The number of ether oxygens (including phenoxy) is 2. The zero-order valence-corrected chi connectivity index (χ0v) is 12.0. The van der Waals surface area contributed by atoms with E-state index in [4.69, 9.17) is 14.6 Å². The molecule has 0 saturated carbocycles. The Morgan fingerprint density at radius 1 is 1.30 bits per heavy atom. The van der Waals surface area contributed by atoms with Crippen LogP contribution in [0.4, 0.5) is 0 Å². The molecule has 2 rings (SSSR count). The van der Waals surface area contributed by atoms with Gasteiger partial charge in [-0.3, -0.25) is 0 Å². The second-order valence-electron chi connectivity index (χ2n) is 5.85. The number of carboxylic acid groups (broad SMARTS) is 1. The second-order valence-corrected chi connectivity index (χ2v) is 5.85. The molecule has 5 heteroatoms. The first-order valence-electron chi connectivity index (χ1n) is 6.65. The Hall–Kier alpha value is -1.59. The summed E-state index contributed by atoms with van der Waals surface area (Å²) in [6, 6.07) is 4.59. The average molecular weight is 280 g/mol. The molecule has 5 nitrogen and oxygen atoms in total. The van der Waals surface area contributed by atoms with Crippen LogP contribution in [-0.2, 0) is 15.3 Å². The average Bonchev–Trinajstić information content (AvgIpc) is 2.40. The Morgan fingerprint density at radius 2 is 1.90 bits per heavy atom. The van der Waals surface area contributed by atoms with Crippen molar-refractivity contribution in [1.29, 1.82) is 0 Å². The van der Waals surface area contributed by atoms with Gasteiger partial charge >= 0.3 is 5.97 Å². The van der Waals surface area contributed by atoms with Crippen molar-refractivity contribution in [2.24, 2.45) is 5.41 Å². The predicted octanol–water partition coefficient (Wildman–Crippen LogP) is 2.73. The number of aromatic hydroxyl groups is 1. The Kier molecular flexibility index (Phi) is 3.75. The van der Waals surface area contributed by atoms with Crippen LogP contribution in [0.1, 0.15) is 43.1 Å². The summed E-state index contributed by atoms with van der Waals surface area (Å²) in [6.07, 6.45) is 0.486. The van der Waals surface area contributed by atoms with Gasteiger partial charge in [0.15, 0.2) is 5.79 Å². The van der Waals surface area contributed by atoms with E-state index >= 15 is 0 Å². The van der Waals surface area contributed by atoms with Crippen LogP contribution in [0, 0.1) is 5.41 Å². The Bertz CT molecular complexity index is 511. The standard InChI is InChI=1S/C15H20O5/c1-4-15(19-8-14(2,3)9-20-15)11-7-5-6-10(12(11)16)13(17)18/h5-7,16H,4,8-9H2,1-3H3,(H,17,18). The molecule has 2 N–H and O–H groups in total. The first-order valence-corrected chi connectivity index (χ1v) is 6.65. The topological polar surface area (TPSA) is 76.0 Å². The van der Waals surface area contributed by atoms with E-state index in [1.54, 1.807) is 12.1 Å². The van der Waals surface area contributed by atoms with Crippen LogP contribution in [0.15, 0.2) is 18.2 Å². The molecule has 1 aliphatic heterocycles. The number of aromatic carboxylic acids is 1. The summed E-state index contributed by atoms with van der Waals surface area (Å²) < 4.78 is 11.7. The molecule has 1 aromatic carbocycles. The van der Waals surface area contributed by atoms with Crippen molar-refractivity contribution in [2.45, 2.75) is 33.0 Å². The van der Waals surface area contributed by atoms with E-state index in [-0.39, 0.29) is 16.7 Å². The number of phenols is 1. The van der Waals surface area contributed by atoms with Crippen LogP contribution in [-0.4, -0.2) is 29.4 Å². The third-order valence-electron chi connectivity index (χ3n) is 3.53. The predicted molar refractivity (Wildman–Crippen MR) is 72.7 cm³/mol. The monoisotopic (exact) mass is 280 g/mol. The number of rotatable bonds is 3. The van der Waals surface area contributed by atoms with Gasteiger partial charge in [0.05, 0.1) is 18.8 Å². The first-order chi connectivity index (χ1) is 9.31. The Balaban J connectivity index is 2.43. The maximum absolute atomic E-state index is 11.1. The molecule has 0 radical (unpaired) electrons. The molecular weight excluding hydrogens is 260 g/mol. The number of carbonyl (C=O) groups is 1. The minimum atomic E-state index is -1.17. The molecule has 1 fully saturated rings. The smallest absolute Gasteiger partial charge is 0.339 e. The third kappa shape index (κ3) is 2.51. The highest BCUT2D eigenvalue weighted by Crippen LogP contribution is 2.43. The lowest BCUT2D eigenvalue weighted by atomic mass is 9.91. The van der Waals surface area contributed by atoms with Crippen LogP contribution in [0.25, 0.3) is 0 Å².